The van der Waals surface area contributed by atoms with Gasteiger partial charge in [0.1, 0.15) is 17.4 Å². The number of aromatic amines is 2. The molecule has 0 aliphatic heterocycles. The molecule has 0 aliphatic rings. The monoisotopic (exact) mass is 497 g/mol. The van der Waals surface area contributed by atoms with Gasteiger partial charge in [0, 0.05) is 42.4 Å². The van der Waals surface area contributed by atoms with Gasteiger partial charge in [-0.2, -0.15) is 0 Å². The molecule has 3 aromatic carbocycles. The smallest absolute Gasteiger partial charge is 0.251 e. The van der Waals surface area contributed by atoms with Crippen LogP contribution in [0.2, 0.25) is 0 Å². The molecule has 0 saturated heterocycles. The van der Waals surface area contributed by atoms with E-state index >= 15 is 0 Å². The van der Waals surface area contributed by atoms with Crippen LogP contribution in [-0.2, 0) is 0 Å². The summed E-state index contributed by atoms with van der Waals surface area (Å²) in [5, 5.41) is 2.79. The van der Waals surface area contributed by atoms with Gasteiger partial charge in [0.05, 0.1) is 28.7 Å². The number of carbonyl (C=O) groups is 1. The summed E-state index contributed by atoms with van der Waals surface area (Å²) in [6, 6.07) is 19.4. The van der Waals surface area contributed by atoms with Crippen molar-refractivity contribution < 1.29 is 9.53 Å². The Balaban J connectivity index is 1.31. The second-order valence-corrected chi connectivity index (χ2v) is 9.21. The van der Waals surface area contributed by atoms with Crippen LogP contribution in [0, 0.1) is 0 Å². The number of fused-ring (bicyclic) bond motifs is 2. The molecule has 0 aliphatic carbocycles. The van der Waals surface area contributed by atoms with Crippen LogP contribution in [0.5, 0.6) is 5.75 Å². The van der Waals surface area contributed by atoms with Crippen LogP contribution in [0.15, 0.2) is 60.7 Å². The van der Waals surface area contributed by atoms with Crippen LogP contribution in [0.1, 0.15) is 16.8 Å². The van der Waals surface area contributed by atoms with E-state index in [2.05, 4.69) is 39.3 Å². The molecule has 0 fully saturated rings. The highest BCUT2D eigenvalue weighted by Crippen LogP contribution is 2.27. The number of hydrogen-bond acceptors (Lipinski definition) is 6. The standard InChI is InChI=1S/C28H31N7O2/c1-35(2)14-3-15-37-21-9-11-23-25(17-21)34-27(32-23)19-6-4-18(5-7-19)26-31-22-10-8-20(16-24(22)33-26)28(36)30-13-12-29/h4-11,16-17H,3,12-15,29H2,1-2H3,(H,30,36)(H,31,33)(H,32,34). The van der Waals surface area contributed by atoms with Gasteiger partial charge < -0.3 is 30.7 Å². The van der Waals surface area contributed by atoms with E-state index in [4.69, 9.17) is 15.5 Å². The first-order chi connectivity index (χ1) is 18.0. The summed E-state index contributed by atoms with van der Waals surface area (Å²) < 4.78 is 5.89. The molecule has 37 heavy (non-hydrogen) atoms. The van der Waals surface area contributed by atoms with E-state index in [1.807, 2.05) is 48.5 Å². The largest absolute Gasteiger partial charge is 0.493 e. The van der Waals surface area contributed by atoms with Gasteiger partial charge in [-0.1, -0.05) is 24.3 Å². The fourth-order valence-electron chi connectivity index (χ4n) is 4.15. The molecule has 9 nitrogen and oxygen atoms in total. The summed E-state index contributed by atoms with van der Waals surface area (Å²) >= 11 is 0. The molecule has 0 atom stereocenters. The van der Waals surface area contributed by atoms with Gasteiger partial charge in [-0.3, -0.25) is 4.79 Å². The van der Waals surface area contributed by atoms with Gasteiger partial charge in [0.2, 0.25) is 0 Å². The van der Waals surface area contributed by atoms with E-state index in [-0.39, 0.29) is 5.91 Å². The SMILES string of the molecule is CN(C)CCCOc1ccc2nc(-c3ccc(-c4nc5ccc(C(=O)NCCN)cc5[nH]4)cc3)[nH]c2c1. The normalized spacial score (nSPS) is 11.5. The second-order valence-electron chi connectivity index (χ2n) is 9.21. The Hall–Kier alpha value is -4.21. The van der Waals surface area contributed by atoms with Crippen molar-refractivity contribution in [3.63, 3.8) is 0 Å². The molecule has 0 saturated carbocycles. The number of nitrogens with two attached hydrogens (primary N) is 1. The quantitative estimate of drug-likeness (QED) is 0.218. The zero-order chi connectivity index (χ0) is 25.8. The zero-order valence-electron chi connectivity index (χ0n) is 21.0. The highest BCUT2D eigenvalue weighted by atomic mass is 16.5. The molecule has 0 bridgehead atoms. The second kappa shape index (κ2) is 10.8. The first-order valence-electron chi connectivity index (χ1n) is 12.4. The first-order valence-corrected chi connectivity index (χ1v) is 12.4. The van der Waals surface area contributed by atoms with Crippen LogP contribution in [0.25, 0.3) is 44.8 Å². The number of imidazole rings is 2. The van der Waals surface area contributed by atoms with Crippen molar-refractivity contribution >= 4 is 28.0 Å². The van der Waals surface area contributed by atoms with E-state index in [1.165, 1.54) is 0 Å². The molecule has 1 amide bonds. The van der Waals surface area contributed by atoms with E-state index in [1.54, 1.807) is 12.1 Å². The number of benzene rings is 3. The molecule has 2 aromatic heterocycles. The third kappa shape index (κ3) is 5.63. The summed E-state index contributed by atoms with van der Waals surface area (Å²) in [6.07, 6.45) is 0.974. The van der Waals surface area contributed by atoms with E-state index in [9.17, 15) is 4.79 Å². The lowest BCUT2D eigenvalue weighted by Gasteiger charge is -2.10. The lowest BCUT2D eigenvalue weighted by atomic mass is 10.1. The Morgan fingerprint density at radius 2 is 1.54 bits per heavy atom. The molecule has 5 N–H and O–H groups in total. The molecule has 0 spiro atoms. The number of rotatable bonds is 10. The molecule has 2 heterocycles. The van der Waals surface area contributed by atoms with Crippen LogP contribution < -0.4 is 15.8 Å². The van der Waals surface area contributed by atoms with Crippen LogP contribution >= 0.6 is 0 Å². The van der Waals surface area contributed by atoms with Gasteiger partial charge in [-0.05, 0) is 50.8 Å². The van der Waals surface area contributed by atoms with Crippen molar-refractivity contribution in [1.82, 2.24) is 30.2 Å². The zero-order valence-corrected chi connectivity index (χ0v) is 21.0. The number of hydrogen-bond donors (Lipinski definition) is 4. The van der Waals surface area contributed by atoms with E-state index in [0.717, 1.165) is 63.6 Å². The summed E-state index contributed by atoms with van der Waals surface area (Å²) in [6.45, 7) is 2.51. The molecule has 9 heteroatoms. The number of aromatic nitrogens is 4. The first kappa shape index (κ1) is 24.5. The predicted octanol–water partition coefficient (Wildman–Crippen LogP) is 3.79. The topological polar surface area (TPSA) is 125 Å². The number of H-pyrrole nitrogens is 2. The van der Waals surface area contributed by atoms with Crippen molar-refractivity contribution in [1.29, 1.82) is 0 Å². The minimum atomic E-state index is -0.151. The van der Waals surface area contributed by atoms with Gasteiger partial charge in [0.15, 0.2) is 0 Å². The Kier molecular flexibility index (Phi) is 7.16. The minimum Gasteiger partial charge on any atom is -0.493 e. The molecule has 0 unspecified atom stereocenters. The van der Waals surface area contributed by atoms with Gasteiger partial charge in [-0.15, -0.1) is 0 Å². The van der Waals surface area contributed by atoms with Crippen molar-refractivity contribution in [2.75, 3.05) is 40.3 Å². The molecule has 5 aromatic rings. The van der Waals surface area contributed by atoms with Crippen molar-refractivity contribution in [3.05, 3.63) is 66.2 Å². The lowest BCUT2D eigenvalue weighted by Crippen LogP contribution is -2.28. The average molecular weight is 498 g/mol. The third-order valence-corrected chi connectivity index (χ3v) is 6.08. The predicted molar refractivity (Wildman–Crippen MR) is 147 cm³/mol. The van der Waals surface area contributed by atoms with Gasteiger partial charge in [-0.25, -0.2) is 9.97 Å². The van der Waals surface area contributed by atoms with Crippen molar-refractivity contribution in [2.24, 2.45) is 5.73 Å². The summed E-state index contributed by atoms with van der Waals surface area (Å²) in [5.74, 6) is 2.22. The molecular weight excluding hydrogens is 466 g/mol. The third-order valence-electron chi connectivity index (χ3n) is 6.08. The Morgan fingerprint density at radius 3 is 2.16 bits per heavy atom. The minimum absolute atomic E-state index is 0.151. The summed E-state index contributed by atoms with van der Waals surface area (Å²) in [4.78, 5) is 30.5. The van der Waals surface area contributed by atoms with Crippen LogP contribution in [0.3, 0.4) is 0 Å². The lowest BCUT2D eigenvalue weighted by molar-refractivity contribution is 0.0955. The highest BCUT2D eigenvalue weighted by molar-refractivity contribution is 5.97. The number of amides is 1. The molecule has 5 rings (SSSR count). The maximum absolute atomic E-state index is 12.2. The number of nitrogens with zero attached hydrogens (tertiary/aromatic N) is 3. The highest BCUT2D eigenvalue weighted by Gasteiger charge is 2.11. The summed E-state index contributed by atoms with van der Waals surface area (Å²) in [7, 11) is 4.12. The molecular formula is C28H31N7O2. The fraction of sp³-hybridized carbons (Fsp3) is 0.250. The Bertz CT molecular complexity index is 1520. The molecule has 190 valence electrons. The molecule has 0 radical (unpaired) electrons. The van der Waals surface area contributed by atoms with Crippen LogP contribution in [-0.4, -0.2) is 71.1 Å². The number of nitrogens with one attached hydrogen (secondary N) is 3. The number of carbonyl (C=O) groups excluding carboxylic acids is 1. The van der Waals surface area contributed by atoms with E-state index < -0.39 is 0 Å². The van der Waals surface area contributed by atoms with Gasteiger partial charge >= 0.3 is 0 Å². The van der Waals surface area contributed by atoms with Crippen LogP contribution in [0.4, 0.5) is 0 Å². The van der Waals surface area contributed by atoms with Crippen molar-refractivity contribution in [3.8, 4) is 28.5 Å². The fourth-order valence-corrected chi connectivity index (χ4v) is 4.15. The van der Waals surface area contributed by atoms with Gasteiger partial charge in [0.25, 0.3) is 5.91 Å². The number of ether oxygens (including phenoxy) is 1. The van der Waals surface area contributed by atoms with E-state index in [0.29, 0.717) is 25.3 Å². The average Bonchev–Trinajstić information content (AvgIpc) is 3.53. The Labute approximate surface area is 215 Å². The maximum atomic E-state index is 12.2. The summed E-state index contributed by atoms with van der Waals surface area (Å²) in [5.41, 5.74) is 11.4. The Morgan fingerprint density at radius 1 is 0.919 bits per heavy atom. The van der Waals surface area contributed by atoms with Crippen molar-refractivity contribution in [2.45, 2.75) is 6.42 Å². The maximum Gasteiger partial charge on any atom is 0.251 e.